The number of ether oxygens (including phenoxy) is 2. The lowest BCUT2D eigenvalue weighted by atomic mass is 10.1. The van der Waals surface area contributed by atoms with Gasteiger partial charge in [0.25, 0.3) is 0 Å². The molecule has 1 fully saturated rings. The minimum atomic E-state index is -0.104. The lowest BCUT2D eigenvalue weighted by molar-refractivity contribution is -0.117. The van der Waals surface area contributed by atoms with Crippen LogP contribution in [0.4, 0.5) is 0 Å². The average Bonchev–Trinajstić information content (AvgIpc) is 2.73. The number of amides is 1. The van der Waals surface area contributed by atoms with Crippen LogP contribution in [0.25, 0.3) is 6.08 Å². The number of carbonyl (C=O) groups is 1. The summed E-state index contributed by atoms with van der Waals surface area (Å²) in [6.45, 7) is 4.04. The zero-order valence-electron chi connectivity index (χ0n) is 15.6. The van der Waals surface area contributed by atoms with Gasteiger partial charge in [0.05, 0.1) is 26.4 Å². The van der Waals surface area contributed by atoms with Gasteiger partial charge in [-0.25, -0.2) is 0 Å². The second-order valence-electron chi connectivity index (χ2n) is 6.49. The first-order chi connectivity index (χ1) is 13.2. The van der Waals surface area contributed by atoms with Crippen LogP contribution in [-0.4, -0.2) is 50.8 Å². The molecule has 2 aromatic carbocycles. The summed E-state index contributed by atoms with van der Waals surface area (Å²) >= 11 is 0. The molecule has 1 aliphatic heterocycles. The fraction of sp³-hybridized carbons (Fsp3) is 0.318. The number of nitrogens with one attached hydrogen (secondary N) is 1. The topological polar surface area (TPSA) is 50.8 Å². The summed E-state index contributed by atoms with van der Waals surface area (Å²) in [5.74, 6) is 0.694. The van der Waals surface area contributed by atoms with Crippen molar-refractivity contribution in [3.8, 4) is 5.75 Å². The van der Waals surface area contributed by atoms with Crippen LogP contribution >= 0.6 is 0 Å². The molecule has 1 N–H and O–H groups in total. The van der Waals surface area contributed by atoms with E-state index in [2.05, 4.69) is 22.3 Å². The zero-order chi connectivity index (χ0) is 18.9. The summed E-state index contributed by atoms with van der Waals surface area (Å²) in [4.78, 5) is 14.8. The number of methoxy groups -OCH3 is 1. The summed E-state index contributed by atoms with van der Waals surface area (Å²) < 4.78 is 10.6. The fourth-order valence-corrected chi connectivity index (χ4v) is 3.07. The van der Waals surface area contributed by atoms with E-state index in [1.165, 1.54) is 0 Å². The van der Waals surface area contributed by atoms with Gasteiger partial charge in [0.1, 0.15) is 5.75 Å². The Kier molecular flexibility index (Phi) is 7.02. The summed E-state index contributed by atoms with van der Waals surface area (Å²) in [5, 5.41) is 3.14. The van der Waals surface area contributed by atoms with Gasteiger partial charge < -0.3 is 14.8 Å². The summed E-state index contributed by atoms with van der Waals surface area (Å²) in [5.41, 5.74) is 2.06. The summed E-state index contributed by atoms with van der Waals surface area (Å²) in [6, 6.07) is 17.6. The molecule has 1 heterocycles. The SMILES string of the molecule is COc1ccc(/C=C/C(=O)N[C@@H](CN2CCOCC2)c2ccccc2)cc1. The smallest absolute Gasteiger partial charge is 0.244 e. The molecule has 1 saturated heterocycles. The number of carbonyl (C=O) groups excluding carboxylic acids is 1. The molecule has 0 bridgehead atoms. The maximum absolute atomic E-state index is 12.5. The molecule has 1 amide bonds. The Morgan fingerprint density at radius 2 is 1.85 bits per heavy atom. The van der Waals surface area contributed by atoms with Gasteiger partial charge in [0.15, 0.2) is 0 Å². The van der Waals surface area contributed by atoms with E-state index in [1.54, 1.807) is 13.2 Å². The molecule has 2 aromatic rings. The monoisotopic (exact) mass is 366 g/mol. The van der Waals surface area contributed by atoms with E-state index >= 15 is 0 Å². The van der Waals surface area contributed by atoms with E-state index < -0.39 is 0 Å². The quantitative estimate of drug-likeness (QED) is 0.766. The highest BCUT2D eigenvalue weighted by Crippen LogP contribution is 2.16. The van der Waals surface area contributed by atoms with E-state index in [1.807, 2.05) is 48.5 Å². The maximum Gasteiger partial charge on any atom is 0.244 e. The van der Waals surface area contributed by atoms with Gasteiger partial charge in [0.2, 0.25) is 5.91 Å². The van der Waals surface area contributed by atoms with Crippen LogP contribution in [0.3, 0.4) is 0 Å². The van der Waals surface area contributed by atoms with Gasteiger partial charge in [-0.15, -0.1) is 0 Å². The van der Waals surface area contributed by atoms with E-state index in [0.29, 0.717) is 0 Å². The highest BCUT2D eigenvalue weighted by Gasteiger charge is 2.19. The van der Waals surface area contributed by atoms with Gasteiger partial charge in [-0.1, -0.05) is 42.5 Å². The third kappa shape index (κ3) is 5.94. The van der Waals surface area contributed by atoms with Crippen LogP contribution in [0, 0.1) is 0 Å². The number of hydrogen-bond acceptors (Lipinski definition) is 4. The van der Waals surface area contributed by atoms with Crippen molar-refractivity contribution in [2.24, 2.45) is 0 Å². The van der Waals surface area contributed by atoms with E-state index in [4.69, 9.17) is 9.47 Å². The van der Waals surface area contributed by atoms with Gasteiger partial charge in [0, 0.05) is 25.7 Å². The molecular formula is C22H26N2O3. The molecule has 0 spiro atoms. The fourth-order valence-electron chi connectivity index (χ4n) is 3.07. The predicted octanol–water partition coefficient (Wildman–Crippen LogP) is 2.90. The van der Waals surface area contributed by atoms with Crippen molar-refractivity contribution >= 4 is 12.0 Å². The van der Waals surface area contributed by atoms with Crippen LogP contribution in [0.5, 0.6) is 5.75 Å². The molecular weight excluding hydrogens is 340 g/mol. The summed E-state index contributed by atoms with van der Waals surface area (Å²) in [6.07, 6.45) is 3.39. The minimum Gasteiger partial charge on any atom is -0.497 e. The van der Waals surface area contributed by atoms with Crippen LogP contribution in [0.2, 0.25) is 0 Å². The second-order valence-corrected chi connectivity index (χ2v) is 6.49. The number of morpholine rings is 1. The molecule has 0 saturated carbocycles. The third-order valence-electron chi connectivity index (χ3n) is 4.61. The molecule has 1 atom stereocenters. The normalized spacial score (nSPS) is 16.2. The van der Waals surface area contributed by atoms with Gasteiger partial charge >= 0.3 is 0 Å². The van der Waals surface area contributed by atoms with Crippen molar-refractivity contribution < 1.29 is 14.3 Å². The molecule has 0 radical (unpaired) electrons. The molecule has 27 heavy (non-hydrogen) atoms. The van der Waals surface area contributed by atoms with Gasteiger partial charge in [-0.05, 0) is 29.3 Å². The van der Waals surface area contributed by atoms with E-state index in [-0.39, 0.29) is 11.9 Å². The molecule has 0 aliphatic carbocycles. The first kappa shape index (κ1) is 19.1. The Hall–Kier alpha value is -2.63. The predicted molar refractivity (Wildman–Crippen MR) is 107 cm³/mol. The highest BCUT2D eigenvalue weighted by atomic mass is 16.5. The second kappa shape index (κ2) is 9.90. The standard InChI is InChI=1S/C22H26N2O3/c1-26-20-10-7-18(8-11-20)9-12-22(25)23-21(19-5-3-2-4-6-19)17-24-13-15-27-16-14-24/h2-12,21H,13-17H2,1H3,(H,23,25)/b12-9+/t21-/m0/s1. The Balaban J connectivity index is 1.64. The van der Waals surface area contributed by atoms with Crippen molar-refractivity contribution in [2.45, 2.75) is 6.04 Å². The molecule has 3 rings (SSSR count). The Morgan fingerprint density at radius 1 is 1.15 bits per heavy atom. The van der Waals surface area contributed by atoms with Gasteiger partial charge in [-0.2, -0.15) is 0 Å². The molecule has 5 heteroatoms. The van der Waals surface area contributed by atoms with Crippen LogP contribution in [0.1, 0.15) is 17.2 Å². The Labute approximate surface area is 160 Å². The van der Waals surface area contributed by atoms with Crippen LogP contribution in [0.15, 0.2) is 60.7 Å². The Morgan fingerprint density at radius 3 is 2.52 bits per heavy atom. The largest absolute Gasteiger partial charge is 0.497 e. The van der Waals surface area contributed by atoms with Crippen LogP contribution in [-0.2, 0) is 9.53 Å². The number of rotatable bonds is 7. The maximum atomic E-state index is 12.5. The lowest BCUT2D eigenvalue weighted by Crippen LogP contribution is -2.42. The zero-order valence-corrected chi connectivity index (χ0v) is 15.6. The van der Waals surface area contributed by atoms with Crippen LogP contribution < -0.4 is 10.1 Å². The first-order valence-electron chi connectivity index (χ1n) is 9.22. The number of nitrogens with zero attached hydrogens (tertiary/aromatic N) is 1. The van der Waals surface area contributed by atoms with Crippen molar-refractivity contribution in [1.29, 1.82) is 0 Å². The van der Waals surface area contributed by atoms with Crippen molar-refractivity contribution in [3.05, 3.63) is 71.8 Å². The Bertz CT molecular complexity index is 738. The van der Waals surface area contributed by atoms with Crippen molar-refractivity contribution in [2.75, 3.05) is 40.0 Å². The molecule has 142 valence electrons. The molecule has 0 unspecified atom stereocenters. The highest BCUT2D eigenvalue weighted by molar-refractivity contribution is 5.92. The number of hydrogen-bond donors (Lipinski definition) is 1. The van der Waals surface area contributed by atoms with Crippen molar-refractivity contribution in [1.82, 2.24) is 10.2 Å². The lowest BCUT2D eigenvalue weighted by Gasteiger charge is -2.31. The minimum absolute atomic E-state index is 0.0580. The first-order valence-corrected chi connectivity index (χ1v) is 9.22. The average molecular weight is 366 g/mol. The van der Waals surface area contributed by atoms with Gasteiger partial charge in [-0.3, -0.25) is 9.69 Å². The molecule has 1 aliphatic rings. The third-order valence-corrected chi connectivity index (χ3v) is 4.61. The number of benzene rings is 2. The van der Waals surface area contributed by atoms with E-state index in [0.717, 1.165) is 49.7 Å². The molecule has 0 aromatic heterocycles. The van der Waals surface area contributed by atoms with Crippen molar-refractivity contribution in [3.63, 3.8) is 0 Å². The summed E-state index contributed by atoms with van der Waals surface area (Å²) in [7, 11) is 1.64. The van der Waals surface area contributed by atoms with E-state index in [9.17, 15) is 4.79 Å². The molecule has 5 nitrogen and oxygen atoms in total.